The van der Waals surface area contributed by atoms with Crippen molar-refractivity contribution in [2.75, 3.05) is 0 Å². The molecule has 0 saturated heterocycles. The third-order valence-electron chi connectivity index (χ3n) is 4.67. The van der Waals surface area contributed by atoms with E-state index in [4.69, 9.17) is 4.98 Å². The van der Waals surface area contributed by atoms with Crippen molar-refractivity contribution in [2.24, 2.45) is 0 Å². The van der Waals surface area contributed by atoms with Crippen LogP contribution in [0, 0.1) is 0 Å². The van der Waals surface area contributed by atoms with E-state index in [1.807, 2.05) is 40.3 Å². The van der Waals surface area contributed by atoms with Gasteiger partial charge in [-0.15, -0.1) is 11.3 Å². The molecule has 0 aliphatic heterocycles. The molecule has 4 rings (SSSR count). The number of para-hydroxylation sites is 2. The standard InChI is InChI=1S/C19H21N3OS/c23-18(20-14-7-2-1-3-8-14)13-22-16-10-5-4-9-15(16)21-19(22)17-11-6-12-24-17/h4-6,9-12,14H,1-3,7-8,13H2,(H,20,23). The molecule has 4 nitrogen and oxygen atoms in total. The number of fused-ring (bicyclic) bond motifs is 1. The van der Waals surface area contributed by atoms with Crippen molar-refractivity contribution in [1.82, 2.24) is 14.9 Å². The largest absolute Gasteiger partial charge is 0.352 e. The number of nitrogens with zero attached hydrogens (tertiary/aromatic N) is 2. The van der Waals surface area contributed by atoms with Crippen LogP contribution in [0.5, 0.6) is 0 Å². The highest BCUT2D eigenvalue weighted by Gasteiger charge is 2.19. The number of aromatic nitrogens is 2. The molecule has 1 aliphatic rings. The monoisotopic (exact) mass is 339 g/mol. The van der Waals surface area contributed by atoms with Crippen LogP contribution in [0.4, 0.5) is 0 Å². The molecule has 124 valence electrons. The summed E-state index contributed by atoms with van der Waals surface area (Å²) in [6, 6.07) is 12.4. The minimum Gasteiger partial charge on any atom is -0.352 e. The Kier molecular flexibility index (Phi) is 4.34. The van der Waals surface area contributed by atoms with E-state index in [0.717, 1.165) is 34.6 Å². The summed E-state index contributed by atoms with van der Waals surface area (Å²) in [5.74, 6) is 0.966. The summed E-state index contributed by atoms with van der Waals surface area (Å²) >= 11 is 1.65. The average molecular weight is 339 g/mol. The lowest BCUT2D eigenvalue weighted by molar-refractivity contribution is -0.122. The van der Waals surface area contributed by atoms with Crippen LogP contribution in [0.3, 0.4) is 0 Å². The average Bonchev–Trinajstić information content (AvgIpc) is 3.24. The predicted molar refractivity (Wildman–Crippen MR) is 98.1 cm³/mol. The topological polar surface area (TPSA) is 46.9 Å². The maximum Gasteiger partial charge on any atom is 0.240 e. The van der Waals surface area contributed by atoms with Crippen molar-refractivity contribution in [3.05, 3.63) is 41.8 Å². The third kappa shape index (κ3) is 3.08. The molecule has 24 heavy (non-hydrogen) atoms. The number of hydrogen-bond acceptors (Lipinski definition) is 3. The number of amides is 1. The molecule has 2 aromatic heterocycles. The highest BCUT2D eigenvalue weighted by molar-refractivity contribution is 7.13. The number of thiophene rings is 1. The summed E-state index contributed by atoms with van der Waals surface area (Å²) in [7, 11) is 0. The maximum atomic E-state index is 12.6. The number of imidazole rings is 1. The van der Waals surface area contributed by atoms with Crippen LogP contribution in [-0.4, -0.2) is 21.5 Å². The van der Waals surface area contributed by atoms with Crippen LogP contribution >= 0.6 is 11.3 Å². The van der Waals surface area contributed by atoms with Crippen molar-refractivity contribution in [3.63, 3.8) is 0 Å². The van der Waals surface area contributed by atoms with E-state index >= 15 is 0 Å². The summed E-state index contributed by atoms with van der Waals surface area (Å²) in [5, 5.41) is 5.25. The Bertz CT molecular complexity index is 832. The zero-order valence-corrected chi connectivity index (χ0v) is 14.4. The Labute approximate surface area is 145 Å². The molecule has 1 aromatic carbocycles. The van der Waals surface area contributed by atoms with E-state index in [1.165, 1.54) is 19.3 Å². The molecule has 1 N–H and O–H groups in total. The van der Waals surface area contributed by atoms with E-state index in [1.54, 1.807) is 11.3 Å². The molecule has 2 heterocycles. The Balaban J connectivity index is 1.62. The van der Waals surface area contributed by atoms with Crippen molar-refractivity contribution < 1.29 is 4.79 Å². The van der Waals surface area contributed by atoms with Crippen LogP contribution in [0.25, 0.3) is 21.7 Å². The van der Waals surface area contributed by atoms with Gasteiger partial charge in [0, 0.05) is 6.04 Å². The van der Waals surface area contributed by atoms with Crippen LogP contribution in [0.15, 0.2) is 41.8 Å². The lowest BCUT2D eigenvalue weighted by atomic mass is 9.95. The van der Waals surface area contributed by atoms with Crippen molar-refractivity contribution in [1.29, 1.82) is 0 Å². The van der Waals surface area contributed by atoms with Crippen molar-refractivity contribution >= 4 is 28.3 Å². The fraction of sp³-hybridized carbons (Fsp3) is 0.368. The van der Waals surface area contributed by atoms with Crippen LogP contribution < -0.4 is 5.32 Å². The fourth-order valence-corrected chi connectivity index (χ4v) is 4.22. The first-order valence-electron chi connectivity index (χ1n) is 8.60. The minimum absolute atomic E-state index is 0.0860. The molecule has 5 heteroatoms. The van der Waals surface area contributed by atoms with Gasteiger partial charge in [-0.2, -0.15) is 0 Å². The second-order valence-electron chi connectivity index (χ2n) is 6.39. The van der Waals surface area contributed by atoms with Crippen LogP contribution in [0.2, 0.25) is 0 Å². The van der Waals surface area contributed by atoms with Crippen LogP contribution in [0.1, 0.15) is 32.1 Å². The van der Waals surface area contributed by atoms with E-state index < -0.39 is 0 Å². The van der Waals surface area contributed by atoms with Gasteiger partial charge in [0.05, 0.1) is 15.9 Å². The van der Waals surface area contributed by atoms with E-state index in [2.05, 4.69) is 11.4 Å². The highest BCUT2D eigenvalue weighted by Crippen LogP contribution is 2.28. The highest BCUT2D eigenvalue weighted by atomic mass is 32.1. The molecule has 0 bridgehead atoms. The number of benzene rings is 1. The minimum atomic E-state index is 0.0860. The number of rotatable bonds is 4. The van der Waals surface area contributed by atoms with Gasteiger partial charge in [0.15, 0.2) is 5.82 Å². The molecule has 3 aromatic rings. The van der Waals surface area contributed by atoms with Gasteiger partial charge in [0.25, 0.3) is 0 Å². The Morgan fingerprint density at radius 1 is 1.17 bits per heavy atom. The second kappa shape index (κ2) is 6.77. The third-order valence-corrected chi connectivity index (χ3v) is 5.53. The summed E-state index contributed by atoms with van der Waals surface area (Å²) in [6.45, 7) is 0.324. The Hall–Kier alpha value is -2.14. The summed E-state index contributed by atoms with van der Waals surface area (Å²) in [6.07, 6.45) is 5.95. The van der Waals surface area contributed by atoms with Gasteiger partial charge in [0.1, 0.15) is 6.54 Å². The van der Waals surface area contributed by atoms with E-state index in [9.17, 15) is 4.79 Å². The molecule has 1 fully saturated rings. The van der Waals surface area contributed by atoms with Gasteiger partial charge in [0.2, 0.25) is 5.91 Å². The fourth-order valence-electron chi connectivity index (χ4n) is 3.49. The molecule has 1 amide bonds. The van der Waals surface area contributed by atoms with Gasteiger partial charge in [-0.3, -0.25) is 4.79 Å². The van der Waals surface area contributed by atoms with E-state index in [-0.39, 0.29) is 5.91 Å². The first-order chi connectivity index (χ1) is 11.8. The number of hydrogen-bond donors (Lipinski definition) is 1. The number of carbonyl (C=O) groups is 1. The smallest absolute Gasteiger partial charge is 0.240 e. The number of nitrogens with one attached hydrogen (secondary N) is 1. The van der Waals surface area contributed by atoms with Gasteiger partial charge in [-0.25, -0.2) is 4.98 Å². The molecule has 1 aliphatic carbocycles. The van der Waals surface area contributed by atoms with Gasteiger partial charge in [-0.05, 0) is 36.4 Å². The zero-order chi connectivity index (χ0) is 16.4. The molecule has 1 saturated carbocycles. The Morgan fingerprint density at radius 3 is 2.79 bits per heavy atom. The van der Waals surface area contributed by atoms with Gasteiger partial charge >= 0.3 is 0 Å². The number of carbonyl (C=O) groups excluding carboxylic acids is 1. The lowest BCUT2D eigenvalue weighted by Crippen LogP contribution is -2.38. The van der Waals surface area contributed by atoms with Crippen LogP contribution in [-0.2, 0) is 11.3 Å². The Morgan fingerprint density at radius 2 is 2.00 bits per heavy atom. The van der Waals surface area contributed by atoms with Crippen molar-refractivity contribution in [3.8, 4) is 10.7 Å². The first-order valence-corrected chi connectivity index (χ1v) is 9.48. The van der Waals surface area contributed by atoms with Crippen molar-refractivity contribution in [2.45, 2.75) is 44.7 Å². The maximum absolute atomic E-state index is 12.6. The second-order valence-corrected chi connectivity index (χ2v) is 7.34. The lowest BCUT2D eigenvalue weighted by Gasteiger charge is -2.23. The van der Waals surface area contributed by atoms with Gasteiger partial charge < -0.3 is 9.88 Å². The normalized spacial score (nSPS) is 15.7. The molecule has 0 spiro atoms. The zero-order valence-electron chi connectivity index (χ0n) is 13.6. The quantitative estimate of drug-likeness (QED) is 0.774. The molecular weight excluding hydrogens is 318 g/mol. The summed E-state index contributed by atoms with van der Waals surface area (Å²) in [4.78, 5) is 18.4. The molecule has 0 atom stereocenters. The molecular formula is C19H21N3OS. The van der Waals surface area contributed by atoms with E-state index in [0.29, 0.717) is 12.6 Å². The SMILES string of the molecule is O=C(Cn1c(-c2cccs2)nc2ccccc21)NC1CCCCC1. The van der Waals surface area contributed by atoms with Gasteiger partial charge in [-0.1, -0.05) is 37.5 Å². The molecule has 0 radical (unpaired) electrons. The predicted octanol–water partition coefficient (Wildman–Crippen LogP) is 4.21. The first kappa shape index (κ1) is 15.4. The summed E-state index contributed by atoms with van der Waals surface area (Å²) in [5.41, 5.74) is 1.95. The summed E-state index contributed by atoms with van der Waals surface area (Å²) < 4.78 is 2.04. The molecule has 0 unspecified atom stereocenters.